The molecule has 0 bridgehead atoms. The molecule has 1 aliphatic heterocycles. The van der Waals surface area contributed by atoms with Crippen LogP contribution >= 0.6 is 0 Å². The number of carbonyl (C=O) groups is 3. The van der Waals surface area contributed by atoms with E-state index in [9.17, 15) is 31.9 Å². The maximum atomic E-state index is 14.2. The predicted octanol–water partition coefficient (Wildman–Crippen LogP) is 4.23. The molecule has 1 atom stereocenters. The standard InChI is InChI=1S/C24H24F4N2O4/c1-34-23(33)21-17(5-4-6-18(21)25)16-10-8-15(9-11-16)14-29-22(32)19-7-2-3-12-30(19)20(31)13-24(26,27)28/h4-6,8-11,19H,2-3,7,12-14H2,1H3,(H,29,32). The van der Waals surface area contributed by atoms with Gasteiger partial charge in [0.2, 0.25) is 11.8 Å². The summed E-state index contributed by atoms with van der Waals surface area (Å²) in [5.41, 5.74) is 1.40. The number of carbonyl (C=O) groups excluding carboxylic acids is 3. The first-order chi connectivity index (χ1) is 16.1. The predicted molar refractivity (Wildman–Crippen MR) is 115 cm³/mol. The highest BCUT2D eigenvalue weighted by Gasteiger charge is 2.38. The van der Waals surface area contributed by atoms with Crippen molar-refractivity contribution >= 4 is 17.8 Å². The Morgan fingerprint density at radius 3 is 2.44 bits per heavy atom. The van der Waals surface area contributed by atoms with Gasteiger partial charge in [0.25, 0.3) is 0 Å². The van der Waals surface area contributed by atoms with Crippen LogP contribution in [0.1, 0.15) is 41.6 Å². The van der Waals surface area contributed by atoms with Crippen molar-refractivity contribution in [1.29, 1.82) is 0 Å². The van der Waals surface area contributed by atoms with E-state index in [0.29, 0.717) is 36.0 Å². The first kappa shape index (κ1) is 25.2. The number of piperidine rings is 1. The van der Waals surface area contributed by atoms with E-state index in [1.165, 1.54) is 6.07 Å². The van der Waals surface area contributed by atoms with Crippen molar-refractivity contribution in [2.75, 3.05) is 13.7 Å². The normalized spacial score (nSPS) is 16.1. The number of amides is 2. The molecule has 0 aromatic heterocycles. The highest BCUT2D eigenvalue weighted by atomic mass is 19.4. The molecule has 1 unspecified atom stereocenters. The second kappa shape index (κ2) is 10.7. The average Bonchev–Trinajstić information content (AvgIpc) is 2.81. The van der Waals surface area contributed by atoms with Crippen molar-refractivity contribution in [3.05, 3.63) is 59.4 Å². The van der Waals surface area contributed by atoms with Gasteiger partial charge < -0.3 is 15.0 Å². The van der Waals surface area contributed by atoms with Gasteiger partial charge in [-0.3, -0.25) is 9.59 Å². The minimum Gasteiger partial charge on any atom is -0.465 e. The average molecular weight is 480 g/mol. The van der Waals surface area contributed by atoms with Gasteiger partial charge in [0.1, 0.15) is 23.8 Å². The van der Waals surface area contributed by atoms with Crippen LogP contribution < -0.4 is 5.32 Å². The number of esters is 1. The first-order valence-electron chi connectivity index (χ1n) is 10.7. The second-order valence-corrected chi connectivity index (χ2v) is 7.96. The highest BCUT2D eigenvalue weighted by Crippen LogP contribution is 2.27. The summed E-state index contributed by atoms with van der Waals surface area (Å²) in [6.07, 6.45) is -4.75. The van der Waals surface area contributed by atoms with Crippen LogP contribution in [0.25, 0.3) is 11.1 Å². The zero-order valence-corrected chi connectivity index (χ0v) is 18.5. The van der Waals surface area contributed by atoms with Crippen LogP contribution in [0.2, 0.25) is 0 Å². The Balaban J connectivity index is 1.67. The lowest BCUT2D eigenvalue weighted by Gasteiger charge is -2.35. The van der Waals surface area contributed by atoms with E-state index in [1.807, 2.05) is 0 Å². The van der Waals surface area contributed by atoms with Crippen molar-refractivity contribution in [2.24, 2.45) is 0 Å². The largest absolute Gasteiger partial charge is 0.465 e. The van der Waals surface area contributed by atoms with Crippen LogP contribution in [-0.2, 0) is 20.9 Å². The van der Waals surface area contributed by atoms with Crippen LogP contribution in [-0.4, -0.2) is 48.6 Å². The number of rotatable bonds is 6. The maximum absolute atomic E-state index is 14.2. The minimum absolute atomic E-state index is 0.0872. The molecule has 1 aliphatic rings. The molecule has 2 aromatic carbocycles. The summed E-state index contributed by atoms with van der Waals surface area (Å²) in [5, 5.41) is 2.68. The molecule has 6 nitrogen and oxygen atoms in total. The first-order valence-corrected chi connectivity index (χ1v) is 10.7. The number of nitrogens with zero attached hydrogens (tertiary/aromatic N) is 1. The lowest BCUT2D eigenvalue weighted by atomic mass is 9.98. The van der Waals surface area contributed by atoms with E-state index >= 15 is 0 Å². The molecule has 2 aromatic rings. The van der Waals surface area contributed by atoms with Gasteiger partial charge in [0, 0.05) is 13.1 Å². The second-order valence-electron chi connectivity index (χ2n) is 7.96. The Morgan fingerprint density at radius 2 is 1.79 bits per heavy atom. The number of methoxy groups -OCH3 is 1. The fraction of sp³-hybridized carbons (Fsp3) is 0.375. The summed E-state index contributed by atoms with van der Waals surface area (Å²) >= 11 is 0. The van der Waals surface area contributed by atoms with Crippen LogP contribution in [0, 0.1) is 5.82 Å². The molecular formula is C24H24F4N2O4. The molecule has 182 valence electrons. The quantitative estimate of drug-likeness (QED) is 0.496. The Labute approximate surface area is 193 Å². The van der Waals surface area contributed by atoms with E-state index in [4.69, 9.17) is 0 Å². The summed E-state index contributed by atoms with van der Waals surface area (Å²) in [4.78, 5) is 37.7. The fourth-order valence-electron chi connectivity index (χ4n) is 3.96. The van der Waals surface area contributed by atoms with Crippen LogP contribution in [0.15, 0.2) is 42.5 Å². The monoisotopic (exact) mass is 480 g/mol. The van der Waals surface area contributed by atoms with E-state index in [0.717, 1.165) is 18.1 Å². The Kier molecular flexibility index (Phi) is 7.90. The van der Waals surface area contributed by atoms with Crippen LogP contribution in [0.3, 0.4) is 0 Å². The molecule has 3 rings (SSSR count). The van der Waals surface area contributed by atoms with Crippen molar-refractivity contribution in [3.8, 4) is 11.1 Å². The number of hydrogen-bond donors (Lipinski definition) is 1. The number of hydrogen-bond acceptors (Lipinski definition) is 4. The third kappa shape index (κ3) is 6.12. The van der Waals surface area contributed by atoms with E-state index in [-0.39, 0.29) is 18.7 Å². The Hall–Kier alpha value is -3.43. The van der Waals surface area contributed by atoms with Gasteiger partial charge in [-0.15, -0.1) is 0 Å². The number of likely N-dealkylation sites (tertiary alicyclic amines) is 1. The SMILES string of the molecule is COC(=O)c1c(F)cccc1-c1ccc(CNC(=O)C2CCCCN2C(=O)CC(F)(F)F)cc1. The summed E-state index contributed by atoms with van der Waals surface area (Å²) < 4.78 is 56.7. The topological polar surface area (TPSA) is 75.7 Å². The Bertz CT molecular complexity index is 1050. The van der Waals surface area contributed by atoms with Gasteiger partial charge in [-0.05, 0) is 42.0 Å². The number of benzene rings is 2. The number of alkyl halides is 3. The van der Waals surface area contributed by atoms with Gasteiger partial charge in [-0.2, -0.15) is 13.2 Å². The zero-order chi connectivity index (χ0) is 24.9. The van der Waals surface area contributed by atoms with Crippen LogP contribution in [0.5, 0.6) is 0 Å². The third-order valence-corrected chi connectivity index (χ3v) is 5.61. The number of halogens is 4. The molecule has 0 spiro atoms. The Morgan fingerprint density at radius 1 is 1.09 bits per heavy atom. The molecule has 1 fully saturated rings. The summed E-state index contributed by atoms with van der Waals surface area (Å²) in [7, 11) is 1.16. The van der Waals surface area contributed by atoms with Crippen molar-refractivity contribution in [3.63, 3.8) is 0 Å². The highest BCUT2D eigenvalue weighted by molar-refractivity contribution is 5.97. The molecule has 1 N–H and O–H groups in total. The molecule has 0 radical (unpaired) electrons. The summed E-state index contributed by atoms with van der Waals surface area (Å²) in [6.45, 7) is 0.196. The minimum atomic E-state index is -4.63. The molecule has 0 aliphatic carbocycles. The van der Waals surface area contributed by atoms with Gasteiger partial charge in [0.15, 0.2) is 0 Å². The van der Waals surface area contributed by atoms with Gasteiger partial charge >= 0.3 is 12.1 Å². The number of ether oxygens (including phenoxy) is 1. The molecule has 1 saturated heterocycles. The smallest absolute Gasteiger partial charge is 0.397 e. The molecule has 2 amide bonds. The van der Waals surface area contributed by atoms with Gasteiger partial charge in [-0.1, -0.05) is 36.4 Å². The van der Waals surface area contributed by atoms with Crippen molar-refractivity contribution in [2.45, 2.75) is 44.4 Å². The van der Waals surface area contributed by atoms with E-state index < -0.39 is 42.2 Å². The lowest BCUT2D eigenvalue weighted by molar-refractivity contribution is -0.165. The maximum Gasteiger partial charge on any atom is 0.397 e. The van der Waals surface area contributed by atoms with E-state index in [1.54, 1.807) is 30.3 Å². The zero-order valence-electron chi connectivity index (χ0n) is 18.5. The van der Waals surface area contributed by atoms with Crippen molar-refractivity contribution in [1.82, 2.24) is 10.2 Å². The molecule has 10 heteroatoms. The van der Waals surface area contributed by atoms with Crippen LogP contribution in [0.4, 0.5) is 17.6 Å². The summed E-state index contributed by atoms with van der Waals surface area (Å²) in [6, 6.07) is 9.93. The van der Waals surface area contributed by atoms with E-state index in [2.05, 4.69) is 10.1 Å². The molecular weight excluding hydrogens is 456 g/mol. The molecule has 1 heterocycles. The summed E-state index contributed by atoms with van der Waals surface area (Å²) in [5.74, 6) is -3.13. The lowest BCUT2D eigenvalue weighted by Crippen LogP contribution is -2.52. The third-order valence-electron chi connectivity index (χ3n) is 5.61. The fourth-order valence-corrected chi connectivity index (χ4v) is 3.96. The number of nitrogens with one attached hydrogen (secondary N) is 1. The molecule has 34 heavy (non-hydrogen) atoms. The van der Waals surface area contributed by atoms with Gasteiger partial charge in [0.05, 0.1) is 7.11 Å². The van der Waals surface area contributed by atoms with Crippen molar-refractivity contribution < 1.29 is 36.7 Å². The molecule has 0 saturated carbocycles. The van der Waals surface area contributed by atoms with Gasteiger partial charge in [-0.25, -0.2) is 9.18 Å².